The van der Waals surface area contributed by atoms with Crippen molar-refractivity contribution in [3.63, 3.8) is 0 Å². The molecule has 0 aliphatic rings. The first-order valence-electron chi connectivity index (χ1n) is 5.65. The largest absolute Gasteiger partial charge is 0.309 e. The summed E-state index contributed by atoms with van der Waals surface area (Å²) >= 11 is 2.34. The minimum atomic E-state index is 1.05. The molecule has 1 rings (SSSR count). The van der Waals surface area contributed by atoms with E-state index < -0.39 is 0 Å². The second kappa shape index (κ2) is 7.25. The molecule has 0 radical (unpaired) electrons. The van der Waals surface area contributed by atoms with E-state index in [4.69, 9.17) is 0 Å². The summed E-state index contributed by atoms with van der Waals surface area (Å²) in [7, 11) is 6.44. The lowest BCUT2D eigenvalue weighted by atomic mass is 10.2. The van der Waals surface area contributed by atoms with Gasteiger partial charge in [0.15, 0.2) is 0 Å². The average Bonchev–Trinajstić information content (AvgIpc) is 2.21. The third-order valence-electron chi connectivity index (χ3n) is 2.51. The summed E-state index contributed by atoms with van der Waals surface area (Å²) in [4.78, 5) is 4.62. The van der Waals surface area contributed by atoms with E-state index in [-0.39, 0.29) is 0 Å². The van der Waals surface area contributed by atoms with Crippen LogP contribution < -0.4 is 0 Å². The Balaban J connectivity index is 2.28. The first-order valence-corrected chi connectivity index (χ1v) is 6.73. The fraction of sp³-hybridized carbons (Fsp3) is 0.538. The van der Waals surface area contributed by atoms with E-state index in [0.717, 1.165) is 19.6 Å². The van der Waals surface area contributed by atoms with Crippen LogP contribution in [-0.4, -0.2) is 44.0 Å². The lowest BCUT2D eigenvalue weighted by Crippen LogP contribution is -2.23. The van der Waals surface area contributed by atoms with Crippen molar-refractivity contribution in [2.75, 3.05) is 34.2 Å². The maximum Gasteiger partial charge on any atom is 0.0230 e. The molecule has 0 N–H and O–H groups in total. The van der Waals surface area contributed by atoms with E-state index in [0.29, 0.717) is 0 Å². The highest BCUT2D eigenvalue weighted by atomic mass is 127. The van der Waals surface area contributed by atoms with Crippen LogP contribution in [0.25, 0.3) is 0 Å². The van der Waals surface area contributed by atoms with Crippen molar-refractivity contribution in [1.82, 2.24) is 9.80 Å². The van der Waals surface area contributed by atoms with Gasteiger partial charge >= 0.3 is 0 Å². The van der Waals surface area contributed by atoms with Crippen LogP contribution in [-0.2, 0) is 6.54 Å². The van der Waals surface area contributed by atoms with Gasteiger partial charge in [0, 0.05) is 10.1 Å². The normalized spacial score (nSPS) is 11.4. The highest BCUT2D eigenvalue weighted by molar-refractivity contribution is 14.1. The molecule has 0 atom stereocenters. The third kappa shape index (κ3) is 5.82. The summed E-state index contributed by atoms with van der Waals surface area (Å²) in [6, 6.07) is 8.77. The van der Waals surface area contributed by atoms with Crippen molar-refractivity contribution in [2.45, 2.75) is 13.0 Å². The molecule has 0 aromatic heterocycles. The molecule has 2 nitrogen and oxygen atoms in total. The van der Waals surface area contributed by atoms with Gasteiger partial charge in [-0.1, -0.05) is 12.1 Å². The summed E-state index contributed by atoms with van der Waals surface area (Å²) in [5.74, 6) is 0. The quantitative estimate of drug-likeness (QED) is 0.739. The fourth-order valence-corrected chi connectivity index (χ4v) is 2.00. The highest BCUT2D eigenvalue weighted by Gasteiger charge is 2.00. The number of hydrogen-bond donors (Lipinski definition) is 0. The van der Waals surface area contributed by atoms with Crippen molar-refractivity contribution in [1.29, 1.82) is 0 Å². The van der Waals surface area contributed by atoms with E-state index in [9.17, 15) is 0 Å². The van der Waals surface area contributed by atoms with Crippen molar-refractivity contribution >= 4 is 22.6 Å². The van der Waals surface area contributed by atoms with Crippen LogP contribution in [0.2, 0.25) is 0 Å². The molecule has 0 unspecified atom stereocenters. The Morgan fingerprint density at radius 3 is 2.19 bits per heavy atom. The molecule has 1 aromatic rings. The van der Waals surface area contributed by atoms with Gasteiger partial charge in [0.25, 0.3) is 0 Å². The van der Waals surface area contributed by atoms with Crippen molar-refractivity contribution in [3.8, 4) is 0 Å². The SMILES string of the molecule is CN(C)CCCN(C)Cc1ccc(I)cc1. The Bertz CT molecular complexity index is 295. The van der Waals surface area contributed by atoms with Gasteiger partial charge in [0.2, 0.25) is 0 Å². The molecule has 0 bridgehead atoms. The predicted molar refractivity (Wildman–Crippen MR) is 78.7 cm³/mol. The van der Waals surface area contributed by atoms with Crippen LogP contribution >= 0.6 is 22.6 Å². The minimum Gasteiger partial charge on any atom is -0.309 e. The van der Waals surface area contributed by atoms with Crippen molar-refractivity contribution in [3.05, 3.63) is 33.4 Å². The van der Waals surface area contributed by atoms with Crippen LogP contribution in [0, 0.1) is 3.57 Å². The van der Waals surface area contributed by atoms with Crippen LogP contribution in [0.5, 0.6) is 0 Å². The number of hydrogen-bond acceptors (Lipinski definition) is 2. The van der Waals surface area contributed by atoms with E-state index in [1.807, 2.05) is 0 Å². The maximum atomic E-state index is 2.38. The molecular weight excluding hydrogens is 311 g/mol. The molecule has 16 heavy (non-hydrogen) atoms. The Kier molecular flexibility index (Phi) is 6.31. The summed E-state index contributed by atoms with van der Waals surface area (Å²) in [5, 5.41) is 0. The molecule has 90 valence electrons. The van der Waals surface area contributed by atoms with Gasteiger partial charge in [-0.05, 0) is 80.9 Å². The molecule has 0 aliphatic carbocycles. The van der Waals surface area contributed by atoms with Crippen LogP contribution in [0.15, 0.2) is 24.3 Å². The second-order valence-electron chi connectivity index (χ2n) is 4.52. The van der Waals surface area contributed by atoms with E-state index >= 15 is 0 Å². The Morgan fingerprint density at radius 2 is 1.62 bits per heavy atom. The van der Waals surface area contributed by atoms with E-state index in [2.05, 4.69) is 77.8 Å². The monoisotopic (exact) mass is 332 g/mol. The van der Waals surface area contributed by atoms with Crippen LogP contribution in [0.3, 0.4) is 0 Å². The zero-order valence-corrected chi connectivity index (χ0v) is 12.6. The molecule has 0 spiro atoms. The van der Waals surface area contributed by atoms with Gasteiger partial charge in [0.1, 0.15) is 0 Å². The van der Waals surface area contributed by atoms with Gasteiger partial charge in [-0.2, -0.15) is 0 Å². The Labute approximate surface area is 113 Å². The summed E-state index contributed by atoms with van der Waals surface area (Å²) in [6.07, 6.45) is 1.23. The summed E-state index contributed by atoms with van der Waals surface area (Å²) in [6.45, 7) is 3.37. The Morgan fingerprint density at radius 1 is 1.00 bits per heavy atom. The van der Waals surface area contributed by atoms with Crippen LogP contribution in [0.4, 0.5) is 0 Å². The average molecular weight is 332 g/mol. The third-order valence-corrected chi connectivity index (χ3v) is 3.23. The summed E-state index contributed by atoms with van der Waals surface area (Å²) in [5.41, 5.74) is 1.40. The lowest BCUT2D eigenvalue weighted by Gasteiger charge is -2.18. The first-order chi connectivity index (χ1) is 7.58. The summed E-state index contributed by atoms with van der Waals surface area (Å²) < 4.78 is 1.30. The molecule has 0 saturated carbocycles. The fourth-order valence-electron chi connectivity index (χ4n) is 1.64. The molecule has 0 fully saturated rings. The topological polar surface area (TPSA) is 6.48 Å². The van der Waals surface area contributed by atoms with Crippen molar-refractivity contribution in [2.24, 2.45) is 0 Å². The predicted octanol–water partition coefficient (Wildman–Crippen LogP) is 2.67. The standard InChI is InChI=1S/C13H21IN2/c1-15(2)9-4-10-16(3)11-12-5-7-13(14)8-6-12/h5-8H,4,9-11H2,1-3H3. The maximum absolute atomic E-state index is 2.38. The molecule has 0 amide bonds. The second-order valence-corrected chi connectivity index (χ2v) is 5.77. The molecule has 0 saturated heterocycles. The molecule has 1 aromatic carbocycles. The molecule has 0 aliphatic heterocycles. The van der Waals surface area contributed by atoms with Gasteiger partial charge < -0.3 is 9.80 Å². The van der Waals surface area contributed by atoms with E-state index in [1.165, 1.54) is 15.6 Å². The minimum absolute atomic E-state index is 1.05. The molecule has 3 heteroatoms. The first kappa shape index (κ1) is 13.9. The Hall–Kier alpha value is -0.130. The van der Waals surface area contributed by atoms with Gasteiger partial charge in [-0.15, -0.1) is 0 Å². The van der Waals surface area contributed by atoms with Gasteiger partial charge in [-0.3, -0.25) is 0 Å². The number of nitrogens with zero attached hydrogens (tertiary/aromatic N) is 2. The zero-order chi connectivity index (χ0) is 12.0. The van der Waals surface area contributed by atoms with E-state index in [1.54, 1.807) is 0 Å². The highest BCUT2D eigenvalue weighted by Crippen LogP contribution is 2.08. The lowest BCUT2D eigenvalue weighted by molar-refractivity contribution is 0.294. The van der Waals surface area contributed by atoms with Gasteiger partial charge in [-0.25, -0.2) is 0 Å². The molecule has 0 heterocycles. The smallest absolute Gasteiger partial charge is 0.0230 e. The number of rotatable bonds is 6. The number of halogens is 1. The van der Waals surface area contributed by atoms with Crippen molar-refractivity contribution < 1.29 is 0 Å². The van der Waals surface area contributed by atoms with Gasteiger partial charge in [0.05, 0.1) is 0 Å². The van der Waals surface area contributed by atoms with Crippen LogP contribution in [0.1, 0.15) is 12.0 Å². The molecular formula is C13H21IN2. The number of benzene rings is 1. The zero-order valence-electron chi connectivity index (χ0n) is 10.4.